The van der Waals surface area contributed by atoms with E-state index in [4.69, 9.17) is 4.74 Å². The van der Waals surface area contributed by atoms with E-state index in [1.54, 1.807) is 17.8 Å². The molecule has 1 fully saturated rings. The summed E-state index contributed by atoms with van der Waals surface area (Å²) < 4.78 is 19.3. The van der Waals surface area contributed by atoms with Crippen LogP contribution in [0.1, 0.15) is 37.8 Å². The highest BCUT2D eigenvalue weighted by Crippen LogP contribution is 2.38. The highest BCUT2D eigenvalue weighted by molar-refractivity contribution is 7.99. The molecule has 110 valence electrons. The topological polar surface area (TPSA) is 21.3 Å². The molecule has 1 unspecified atom stereocenters. The molecular formula is C16H22FNOS. The van der Waals surface area contributed by atoms with Crippen molar-refractivity contribution in [3.05, 3.63) is 29.6 Å². The Kier molecular flexibility index (Phi) is 4.34. The highest BCUT2D eigenvalue weighted by atomic mass is 32.2. The molecule has 0 bridgehead atoms. The number of hydrogen-bond acceptors (Lipinski definition) is 3. The molecule has 0 saturated carbocycles. The van der Waals surface area contributed by atoms with Gasteiger partial charge in [-0.05, 0) is 42.1 Å². The van der Waals surface area contributed by atoms with Crippen molar-refractivity contribution in [2.45, 2.75) is 37.1 Å². The minimum absolute atomic E-state index is 0.0729. The Bertz CT molecular complexity index is 474. The van der Waals surface area contributed by atoms with Gasteiger partial charge in [-0.15, -0.1) is 11.8 Å². The molecule has 1 saturated heterocycles. The molecule has 20 heavy (non-hydrogen) atoms. The third-order valence-corrected chi connectivity index (χ3v) is 5.66. The van der Waals surface area contributed by atoms with Gasteiger partial charge in [-0.25, -0.2) is 4.39 Å². The number of nitrogens with one attached hydrogen (secondary N) is 1. The SMILES string of the molecule is CC1(CNC2CCSc3c(F)cccc32)CCOCC1. The second kappa shape index (κ2) is 6.04. The van der Waals surface area contributed by atoms with Gasteiger partial charge >= 0.3 is 0 Å². The molecule has 2 nitrogen and oxygen atoms in total. The van der Waals surface area contributed by atoms with Gasteiger partial charge in [-0.1, -0.05) is 19.1 Å². The van der Waals surface area contributed by atoms with Crippen LogP contribution in [-0.4, -0.2) is 25.5 Å². The average molecular weight is 295 g/mol. The van der Waals surface area contributed by atoms with E-state index >= 15 is 0 Å². The van der Waals surface area contributed by atoms with Gasteiger partial charge in [0.15, 0.2) is 0 Å². The molecule has 2 aliphatic rings. The first-order valence-corrected chi connectivity index (χ1v) is 8.39. The fourth-order valence-electron chi connectivity index (χ4n) is 3.01. The molecule has 2 heterocycles. The summed E-state index contributed by atoms with van der Waals surface area (Å²) in [6, 6.07) is 5.74. The van der Waals surface area contributed by atoms with E-state index in [9.17, 15) is 4.39 Å². The molecule has 4 heteroatoms. The lowest BCUT2D eigenvalue weighted by Crippen LogP contribution is -2.39. The maximum atomic E-state index is 13.8. The summed E-state index contributed by atoms with van der Waals surface area (Å²) in [5.74, 6) is 0.919. The third kappa shape index (κ3) is 3.02. The molecule has 3 rings (SSSR count). The van der Waals surface area contributed by atoms with Gasteiger partial charge in [-0.3, -0.25) is 0 Å². The average Bonchev–Trinajstić information content (AvgIpc) is 2.47. The number of fused-ring (bicyclic) bond motifs is 1. The van der Waals surface area contributed by atoms with E-state index in [2.05, 4.69) is 18.3 Å². The van der Waals surface area contributed by atoms with Gasteiger partial charge in [0.1, 0.15) is 5.82 Å². The fraction of sp³-hybridized carbons (Fsp3) is 0.625. The Morgan fingerprint density at radius 1 is 1.40 bits per heavy atom. The van der Waals surface area contributed by atoms with Gasteiger partial charge in [-0.2, -0.15) is 0 Å². The quantitative estimate of drug-likeness (QED) is 0.917. The first kappa shape index (κ1) is 14.4. The lowest BCUT2D eigenvalue weighted by molar-refractivity contribution is 0.0227. The van der Waals surface area contributed by atoms with Crippen LogP contribution in [0.4, 0.5) is 4.39 Å². The molecule has 1 aromatic carbocycles. The Labute approximate surface area is 124 Å². The van der Waals surface area contributed by atoms with Gasteiger partial charge in [0.2, 0.25) is 0 Å². The Hall–Kier alpha value is -0.580. The Morgan fingerprint density at radius 3 is 3.00 bits per heavy atom. The standard InChI is InChI=1S/C16H22FNOS/c1-16(6-8-19-9-7-16)11-18-14-5-10-20-15-12(14)3-2-4-13(15)17/h2-4,14,18H,5-11H2,1H3. The van der Waals surface area contributed by atoms with Crippen molar-refractivity contribution < 1.29 is 9.13 Å². The van der Waals surface area contributed by atoms with Crippen molar-refractivity contribution in [2.24, 2.45) is 5.41 Å². The molecule has 0 aromatic heterocycles. The zero-order valence-electron chi connectivity index (χ0n) is 12.0. The van der Waals surface area contributed by atoms with Crippen LogP contribution in [-0.2, 0) is 4.74 Å². The maximum Gasteiger partial charge on any atom is 0.137 e. The number of rotatable bonds is 3. The molecule has 0 radical (unpaired) electrons. The summed E-state index contributed by atoms with van der Waals surface area (Å²) in [5.41, 5.74) is 1.45. The van der Waals surface area contributed by atoms with Crippen LogP contribution in [0.15, 0.2) is 23.1 Å². The first-order chi connectivity index (χ1) is 9.68. The van der Waals surface area contributed by atoms with Crippen molar-refractivity contribution in [1.29, 1.82) is 0 Å². The van der Waals surface area contributed by atoms with Crippen LogP contribution in [0.2, 0.25) is 0 Å². The summed E-state index contributed by atoms with van der Waals surface area (Å²) in [5, 5.41) is 3.68. The largest absolute Gasteiger partial charge is 0.381 e. The first-order valence-electron chi connectivity index (χ1n) is 7.40. The zero-order valence-corrected chi connectivity index (χ0v) is 12.8. The van der Waals surface area contributed by atoms with Crippen LogP contribution in [0.5, 0.6) is 0 Å². The molecule has 1 atom stereocenters. The number of halogens is 1. The van der Waals surface area contributed by atoms with E-state index in [1.165, 1.54) is 0 Å². The van der Waals surface area contributed by atoms with Crippen molar-refractivity contribution >= 4 is 11.8 Å². The van der Waals surface area contributed by atoms with E-state index in [1.807, 2.05) is 6.07 Å². The van der Waals surface area contributed by atoms with Crippen LogP contribution in [0.3, 0.4) is 0 Å². The molecule has 0 spiro atoms. The second-order valence-electron chi connectivity index (χ2n) is 6.15. The maximum absolute atomic E-state index is 13.8. The molecule has 0 aliphatic carbocycles. The molecule has 0 amide bonds. The second-order valence-corrected chi connectivity index (χ2v) is 7.26. The lowest BCUT2D eigenvalue weighted by atomic mass is 9.82. The van der Waals surface area contributed by atoms with Crippen LogP contribution in [0, 0.1) is 11.2 Å². The van der Waals surface area contributed by atoms with E-state index in [-0.39, 0.29) is 5.82 Å². The summed E-state index contributed by atoms with van der Waals surface area (Å²) in [6.45, 7) is 5.04. The zero-order chi connectivity index (χ0) is 14.0. The summed E-state index contributed by atoms with van der Waals surface area (Å²) in [4.78, 5) is 0.841. The van der Waals surface area contributed by atoms with Gasteiger partial charge in [0.05, 0.1) is 0 Å². The number of benzene rings is 1. The monoisotopic (exact) mass is 295 g/mol. The molecule has 1 N–H and O–H groups in total. The summed E-state index contributed by atoms with van der Waals surface area (Å²) in [7, 11) is 0. The molecule has 2 aliphatic heterocycles. The number of ether oxygens (including phenoxy) is 1. The number of hydrogen-bond donors (Lipinski definition) is 1. The Balaban J connectivity index is 1.69. The lowest BCUT2D eigenvalue weighted by Gasteiger charge is -2.36. The van der Waals surface area contributed by atoms with Crippen LogP contribution >= 0.6 is 11.8 Å². The summed E-state index contributed by atoms with van der Waals surface area (Å²) >= 11 is 1.64. The molecular weight excluding hydrogens is 273 g/mol. The third-order valence-electron chi connectivity index (χ3n) is 4.50. The van der Waals surface area contributed by atoms with Crippen molar-refractivity contribution in [1.82, 2.24) is 5.32 Å². The minimum atomic E-state index is -0.0729. The van der Waals surface area contributed by atoms with E-state index in [0.717, 1.165) is 55.2 Å². The van der Waals surface area contributed by atoms with Crippen LogP contribution in [0.25, 0.3) is 0 Å². The smallest absolute Gasteiger partial charge is 0.137 e. The van der Waals surface area contributed by atoms with Crippen molar-refractivity contribution in [2.75, 3.05) is 25.5 Å². The minimum Gasteiger partial charge on any atom is -0.381 e. The predicted octanol–water partition coefficient (Wildman–Crippen LogP) is 3.77. The molecule has 1 aromatic rings. The summed E-state index contributed by atoms with van der Waals surface area (Å²) in [6.07, 6.45) is 3.29. The van der Waals surface area contributed by atoms with E-state index in [0.29, 0.717) is 11.5 Å². The number of thioether (sulfide) groups is 1. The predicted molar refractivity (Wildman–Crippen MR) is 80.6 cm³/mol. The van der Waals surface area contributed by atoms with Gasteiger partial charge in [0, 0.05) is 30.7 Å². The van der Waals surface area contributed by atoms with Gasteiger partial charge < -0.3 is 10.1 Å². The normalized spacial score (nSPS) is 25.2. The fourth-order valence-corrected chi connectivity index (χ4v) is 4.15. The van der Waals surface area contributed by atoms with Crippen LogP contribution < -0.4 is 5.32 Å². The van der Waals surface area contributed by atoms with Gasteiger partial charge in [0.25, 0.3) is 0 Å². The Morgan fingerprint density at radius 2 is 2.20 bits per heavy atom. The van der Waals surface area contributed by atoms with Crippen molar-refractivity contribution in [3.8, 4) is 0 Å². The van der Waals surface area contributed by atoms with Crippen molar-refractivity contribution in [3.63, 3.8) is 0 Å². The highest BCUT2D eigenvalue weighted by Gasteiger charge is 2.29. The van der Waals surface area contributed by atoms with E-state index < -0.39 is 0 Å².